The summed E-state index contributed by atoms with van der Waals surface area (Å²) in [6, 6.07) is 17.4. The number of aryl methyl sites for hydroxylation is 1. The molecule has 0 saturated heterocycles. The second-order valence-corrected chi connectivity index (χ2v) is 5.11. The lowest BCUT2D eigenvalue weighted by Gasteiger charge is -2.07. The number of benzene rings is 2. The van der Waals surface area contributed by atoms with Crippen LogP contribution in [0.25, 0.3) is 11.1 Å². The molecule has 6 nitrogen and oxygen atoms in total. The quantitative estimate of drug-likeness (QED) is 0.804. The Kier molecular flexibility index (Phi) is 4.00. The van der Waals surface area contributed by atoms with Gasteiger partial charge in [0.1, 0.15) is 5.56 Å². The number of anilines is 1. The zero-order valence-electron chi connectivity index (χ0n) is 12.8. The summed E-state index contributed by atoms with van der Waals surface area (Å²) in [5.41, 5.74) is 1.23. The smallest absolute Gasteiger partial charge is 0.335 e. The maximum Gasteiger partial charge on any atom is 0.366 e. The maximum atomic E-state index is 12.6. The van der Waals surface area contributed by atoms with Crippen molar-refractivity contribution in [2.24, 2.45) is 7.05 Å². The predicted octanol–water partition coefficient (Wildman–Crippen LogP) is 2.77. The average Bonchev–Trinajstić information content (AvgIpc) is 2.90. The van der Waals surface area contributed by atoms with Gasteiger partial charge in [0.2, 0.25) is 0 Å². The van der Waals surface area contributed by atoms with Crippen LogP contribution in [0.4, 0.5) is 5.69 Å². The Balaban J connectivity index is 2.02. The summed E-state index contributed by atoms with van der Waals surface area (Å²) in [4.78, 5) is 24.7. The summed E-state index contributed by atoms with van der Waals surface area (Å²) in [5, 5.41) is 11.6. The fraction of sp³-hybridized carbons (Fsp3) is 0.0556. The summed E-state index contributed by atoms with van der Waals surface area (Å²) in [5.74, 6) is -0.489. The van der Waals surface area contributed by atoms with Gasteiger partial charge in [-0.1, -0.05) is 36.4 Å². The van der Waals surface area contributed by atoms with E-state index >= 15 is 0 Å². The third kappa shape index (κ3) is 2.83. The Morgan fingerprint density at radius 1 is 1.17 bits per heavy atom. The first-order valence-electron chi connectivity index (χ1n) is 7.17. The zero-order chi connectivity index (χ0) is 17.1. The molecule has 6 heteroatoms. The molecule has 1 N–H and O–H groups in total. The van der Waals surface area contributed by atoms with Crippen molar-refractivity contribution in [1.82, 2.24) is 4.74 Å². The first kappa shape index (κ1) is 15.3. The van der Waals surface area contributed by atoms with Gasteiger partial charge in [-0.25, -0.2) is 9.53 Å². The second-order valence-electron chi connectivity index (χ2n) is 5.11. The van der Waals surface area contributed by atoms with Crippen LogP contribution < -0.4 is 10.9 Å². The van der Waals surface area contributed by atoms with E-state index in [9.17, 15) is 9.59 Å². The van der Waals surface area contributed by atoms with E-state index < -0.39 is 11.5 Å². The normalized spacial score (nSPS) is 10.2. The standard InChI is InChI=1S/C18H13N3O3/c1-21-16(15(18(23)24-21)13-7-3-2-4-8-13)17(22)20-14-9-5-6-12(10-14)11-19/h2-10H,1H3,(H,20,22). The van der Waals surface area contributed by atoms with E-state index in [2.05, 4.69) is 5.32 Å². The first-order chi connectivity index (χ1) is 11.6. The lowest BCUT2D eigenvalue weighted by molar-refractivity contribution is 0.100. The molecule has 2 aromatic carbocycles. The number of nitriles is 1. The summed E-state index contributed by atoms with van der Waals surface area (Å²) < 4.78 is 6.20. The van der Waals surface area contributed by atoms with E-state index in [4.69, 9.17) is 9.78 Å². The van der Waals surface area contributed by atoms with E-state index in [-0.39, 0.29) is 11.3 Å². The van der Waals surface area contributed by atoms with Gasteiger partial charge in [-0.15, -0.1) is 0 Å². The fourth-order valence-corrected chi connectivity index (χ4v) is 2.44. The van der Waals surface area contributed by atoms with Crippen LogP contribution in [0.5, 0.6) is 0 Å². The van der Waals surface area contributed by atoms with Crippen LogP contribution in [0.3, 0.4) is 0 Å². The van der Waals surface area contributed by atoms with Crippen molar-refractivity contribution in [3.05, 3.63) is 76.3 Å². The number of carbonyl (C=O) groups excluding carboxylic acids is 1. The van der Waals surface area contributed by atoms with Crippen molar-refractivity contribution >= 4 is 11.6 Å². The molecule has 0 bridgehead atoms. The lowest BCUT2D eigenvalue weighted by Crippen LogP contribution is -2.17. The molecule has 1 amide bonds. The molecule has 0 spiro atoms. The second kappa shape index (κ2) is 6.26. The molecule has 0 radical (unpaired) electrons. The SMILES string of the molecule is Cn1oc(=O)c(-c2ccccc2)c1C(=O)Nc1cccc(C#N)c1. The molecule has 0 atom stereocenters. The lowest BCUT2D eigenvalue weighted by atomic mass is 10.1. The molecular formula is C18H13N3O3. The van der Waals surface area contributed by atoms with Crippen LogP contribution >= 0.6 is 0 Å². The number of hydrogen-bond acceptors (Lipinski definition) is 4. The van der Waals surface area contributed by atoms with Gasteiger partial charge in [-0.05, 0) is 23.8 Å². The van der Waals surface area contributed by atoms with Gasteiger partial charge in [0, 0.05) is 12.7 Å². The molecule has 0 aliphatic heterocycles. The molecule has 0 aliphatic carbocycles. The van der Waals surface area contributed by atoms with Crippen molar-refractivity contribution in [2.75, 3.05) is 5.32 Å². The van der Waals surface area contributed by atoms with Crippen LogP contribution in [-0.4, -0.2) is 10.6 Å². The van der Waals surface area contributed by atoms with E-state index in [0.717, 1.165) is 4.74 Å². The van der Waals surface area contributed by atoms with Gasteiger partial charge < -0.3 is 9.84 Å². The molecule has 3 aromatic rings. The van der Waals surface area contributed by atoms with Gasteiger partial charge in [0.25, 0.3) is 5.91 Å². The van der Waals surface area contributed by atoms with Gasteiger partial charge in [-0.3, -0.25) is 4.79 Å². The number of amides is 1. The van der Waals surface area contributed by atoms with E-state index in [0.29, 0.717) is 16.8 Å². The van der Waals surface area contributed by atoms with E-state index in [1.165, 1.54) is 7.05 Å². The average molecular weight is 319 g/mol. The Bertz CT molecular complexity index is 994. The molecule has 118 valence electrons. The molecule has 3 rings (SSSR count). The highest BCUT2D eigenvalue weighted by Crippen LogP contribution is 2.21. The minimum atomic E-state index is -0.584. The van der Waals surface area contributed by atoms with Crippen LogP contribution in [0, 0.1) is 11.3 Å². The fourth-order valence-electron chi connectivity index (χ4n) is 2.44. The molecule has 0 aliphatic rings. The molecule has 0 unspecified atom stereocenters. The largest absolute Gasteiger partial charge is 0.366 e. The van der Waals surface area contributed by atoms with Crippen molar-refractivity contribution in [3.8, 4) is 17.2 Å². The molecule has 0 fully saturated rings. The molecule has 1 aromatic heterocycles. The Morgan fingerprint density at radius 2 is 1.92 bits per heavy atom. The number of hydrogen-bond donors (Lipinski definition) is 1. The van der Waals surface area contributed by atoms with Crippen molar-refractivity contribution < 1.29 is 9.32 Å². The summed E-state index contributed by atoms with van der Waals surface area (Å²) in [7, 11) is 1.49. The van der Waals surface area contributed by atoms with Crippen LogP contribution in [0.2, 0.25) is 0 Å². The summed E-state index contributed by atoms with van der Waals surface area (Å²) in [6.45, 7) is 0. The number of nitrogens with one attached hydrogen (secondary N) is 1. The topological polar surface area (TPSA) is 88.0 Å². The highest BCUT2D eigenvalue weighted by atomic mass is 16.5. The van der Waals surface area contributed by atoms with Gasteiger partial charge in [0.15, 0.2) is 5.69 Å². The molecule has 1 heterocycles. The number of carbonyl (C=O) groups is 1. The number of rotatable bonds is 3. The van der Waals surface area contributed by atoms with Gasteiger partial charge >= 0.3 is 5.63 Å². The Hall–Kier alpha value is -3.59. The summed E-state index contributed by atoms with van der Waals surface area (Å²) >= 11 is 0. The maximum absolute atomic E-state index is 12.6. The van der Waals surface area contributed by atoms with E-state index in [1.807, 2.05) is 12.1 Å². The zero-order valence-corrected chi connectivity index (χ0v) is 12.8. The first-order valence-corrected chi connectivity index (χ1v) is 7.17. The molecule has 24 heavy (non-hydrogen) atoms. The highest BCUT2D eigenvalue weighted by molar-refractivity contribution is 6.07. The van der Waals surface area contributed by atoms with Crippen LogP contribution in [-0.2, 0) is 7.05 Å². The van der Waals surface area contributed by atoms with Crippen molar-refractivity contribution in [3.63, 3.8) is 0 Å². The molecule has 0 saturated carbocycles. The number of aromatic nitrogens is 1. The Labute approximate surface area is 137 Å². The monoisotopic (exact) mass is 319 g/mol. The van der Waals surface area contributed by atoms with Crippen LogP contribution in [0.1, 0.15) is 16.1 Å². The van der Waals surface area contributed by atoms with Gasteiger partial charge in [0.05, 0.1) is 11.6 Å². The third-order valence-corrected chi connectivity index (χ3v) is 3.50. The minimum absolute atomic E-state index is 0.119. The predicted molar refractivity (Wildman–Crippen MR) is 88.5 cm³/mol. The van der Waals surface area contributed by atoms with E-state index in [1.54, 1.807) is 48.5 Å². The third-order valence-electron chi connectivity index (χ3n) is 3.50. The highest BCUT2D eigenvalue weighted by Gasteiger charge is 2.23. The summed E-state index contributed by atoms with van der Waals surface area (Å²) in [6.07, 6.45) is 0. The minimum Gasteiger partial charge on any atom is -0.335 e. The number of nitrogens with zero attached hydrogens (tertiary/aromatic N) is 2. The van der Waals surface area contributed by atoms with Gasteiger partial charge in [-0.2, -0.15) is 5.26 Å². The Morgan fingerprint density at radius 3 is 2.62 bits per heavy atom. The van der Waals surface area contributed by atoms with Crippen LogP contribution in [0.15, 0.2) is 63.9 Å². The van der Waals surface area contributed by atoms with Crippen molar-refractivity contribution in [1.29, 1.82) is 5.26 Å². The van der Waals surface area contributed by atoms with Crippen molar-refractivity contribution in [2.45, 2.75) is 0 Å². The molecular weight excluding hydrogens is 306 g/mol.